The van der Waals surface area contributed by atoms with Gasteiger partial charge in [0.2, 0.25) is 0 Å². The van der Waals surface area contributed by atoms with Gasteiger partial charge in [0, 0.05) is 6.04 Å². The van der Waals surface area contributed by atoms with E-state index in [9.17, 15) is 0 Å². The highest BCUT2D eigenvalue weighted by molar-refractivity contribution is 5.85. The minimum absolute atomic E-state index is 0. The molecule has 0 radical (unpaired) electrons. The molecule has 2 atom stereocenters. The van der Waals surface area contributed by atoms with Gasteiger partial charge < -0.3 is 4.90 Å². The molecular formula is C12H20ClN. The number of hydrogen-bond acceptors (Lipinski definition) is 1. The van der Waals surface area contributed by atoms with Crippen molar-refractivity contribution < 1.29 is 0 Å². The van der Waals surface area contributed by atoms with E-state index in [1.807, 2.05) is 0 Å². The molecule has 0 aliphatic heterocycles. The van der Waals surface area contributed by atoms with Gasteiger partial charge in [0.15, 0.2) is 0 Å². The number of hydrogen-bond donors (Lipinski definition) is 0. The van der Waals surface area contributed by atoms with Crippen molar-refractivity contribution >= 4 is 12.4 Å². The fourth-order valence-electron chi connectivity index (χ4n) is 1.48. The zero-order valence-electron chi connectivity index (χ0n) is 9.40. The number of likely N-dealkylation sites (N-methyl/N-ethyl adjacent to an activating group) is 1. The monoisotopic (exact) mass is 213 g/mol. The van der Waals surface area contributed by atoms with E-state index >= 15 is 0 Å². The summed E-state index contributed by atoms with van der Waals surface area (Å²) in [6, 6.07) is 11.3. The topological polar surface area (TPSA) is 3.24 Å². The lowest BCUT2D eigenvalue weighted by molar-refractivity contribution is 0.280. The summed E-state index contributed by atoms with van der Waals surface area (Å²) >= 11 is 0. The van der Waals surface area contributed by atoms with E-state index in [1.165, 1.54) is 5.56 Å². The van der Waals surface area contributed by atoms with Gasteiger partial charge in [0.1, 0.15) is 0 Å². The van der Waals surface area contributed by atoms with Crippen molar-refractivity contribution in [2.75, 3.05) is 14.1 Å². The Balaban J connectivity index is 0.00000169. The number of nitrogens with zero attached hydrogens (tertiary/aromatic N) is 1. The average molecular weight is 214 g/mol. The Morgan fingerprint density at radius 3 is 1.93 bits per heavy atom. The predicted molar refractivity (Wildman–Crippen MR) is 65.3 cm³/mol. The molecule has 1 aromatic carbocycles. The highest BCUT2D eigenvalue weighted by Crippen LogP contribution is 2.20. The summed E-state index contributed by atoms with van der Waals surface area (Å²) in [5.41, 5.74) is 1.42. The van der Waals surface area contributed by atoms with Crippen molar-refractivity contribution in [3.05, 3.63) is 35.9 Å². The quantitative estimate of drug-likeness (QED) is 0.746. The van der Waals surface area contributed by atoms with Gasteiger partial charge in [0.05, 0.1) is 0 Å². The van der Waals surface area contributed by atoms with E-state index in [2.05, 4.69) is 63.2 Å². The van der Waals surface area contributed by atoms with E-state index < -0.39 is 0 Å². The van der Waals surface area contributed by atoms with Crippen LogP contribution in [0.2, 0.25) is 0 Å². The number of rotatable bonds is 3. The van der Waals surface area contributed by atoms with Crippen LogP contribution in [0.3, 0.4) is 0 Å². The van der Waals surface area contributed by atoms with Crippen molar-refractivity contribution in [3.8, 4) is 0 Å². The van der Waals surface area contributed by atoms with Crippen molar-refractivity contribution in [2.45, 2.75) is 25.8 Å². The molecule has 0 saturated heterocycles. The van der Waals surface area contributed by atoms with E-state index in [0.29, 0.717) is 12.0 Å². The lowest BCUT2D eigenvalue weighted by atomic mass is 9.94. The summed E-state index contributed by atoms with van der Waals surface area (Å²) in [7, 11) is 4.26. The Hall–Kier alpha value is -0.530. The molecule has 1 aromatic rings. The summed E-state index contributed by atoms with van der Waals surface area (Å²) in [6.07, 6.45) is 0. The maximum absolute atomic E-state index is 2.28. The molecular weight excluding hydrogens is 194 g/mol. The van der Waals surface area contributed by atoms with Gasteiger partial charge in [-0.05, 0) is 32.5 Å². The van der Waals surface area contributed by atoms with Crippen LogP contribution < -0.4 is 0 Å². The summed E-state index contributed by atoms with van der Waals surface area (Å²) in [5, 5.41) is 0. The molecule has 0 amide bonds. The second kappa shape index (κ2) is 6.05. The lowest BCUT2D eigenvalue weighted by Gasteiger charge is -2.26. The third-order valence-corrected chi connectivity index (χ3v) is 2.86. The second-order valence-corrected chi connectivity index (χ2v) is 3.90. The molecule has 0 aliphatic rings. The minimum atomic E-state index is 0. The van der Waals surface area contributed by atoms with Crippen LogP contribution in [0.1, 0.15) is 25.3 Å². The molecule has 0 fully saturated rings. The van der Waals surface area contributed by atoms with Crippen LogP contribution in [0.4, 0.5) is 0 Å². The van der Waals surface area contributed by atoms with Crippen LogP contribution in [0.5, 0.6) is 0 Å². The molecule has 2 heteroatoms. The highest BCUT2D eigenvalue weighted by atomic mass is 35.5. The minimum Gasteiger partial charge on any atom is -0.306 e. The molecule has 0 spiro atoms. The van der Waals surface area contributed by atoms with Gasteiger partial charge in [0.25, 0.3) is 0 Å². The summed E-state index contributed by atoms with van der Waals surface area (Å²) in [4.78, 5) is 2.26. The Labute approximate surface area is 93.5 Å². The molecule has 14 heavy (non-hydrogen) atoms. The fraction of sp³-hybridized carbons (Fsp3) is 0.500. The maximum atomic E-state index is 2.28. The Bertz CT molecular complexity index is 246. The first-order valence-electron chi connectivity index (χ1n) is 4.84. The number of halogens is 1. The van der Waals surface area contributed by atoms with Gasteiger partial charge in [-0.25, -0.2) is 0 Å². The maximum Gasteiger partial charge on any atom is 0.0127 e. The van der Waals surface area contributed by atoms with Crippen molar-refractivity contribution in [1.29, 1.82) is 0 Å². The third kappa shape index (κ3) is 3.32. The number of benzene rings is 1. The first-order chi connectivity index (χ1) is 6.13. The van der Waals surface area contributed by atoms with E-state index in [4.69, 9.17) is 0 Å². The smallest absolute Gasteiger partial charge is 0.0127 e. The normalized spacial score (nSPS) is 14.6. The standard InChI is InChI=1S/C12H19N.ClH/c1-10(11(2)13(3)4)12-8-6-5-7-9-12;/h5-11H,1-4H3;1H. The second-order valence-electron chi connectivity index (χ2n) is 3.90. The SMILES string of the molecule is CC(c1ccccc1)C(C)N(C)C.Cl. The predicted octanol–water partition coefficient (Wildman–Crippen LogP) is 3.16. The lowest BCUT2D eigenvalue weighted by Crippen LogP contribution is -2.29. The van der Waals surface area contributed by atoms with E-state index in [-0.39, 0.29) is 12.4 Å². The molecule has 0 N–H and O–H groups in total. The van der Waals surface area contributed by atoms with Gasteiger partial charge >= 0.3 is 0 Å². The zero-order valence-corrected chi connectivity index (χ0v) is 10.2. The molecule has 80 valence electrons. The Kier molecular flexibility index (Phi) is 5.82. The summed E-state index contributed by atoms with van der Waals surface area (Å²) < 4.78 is 0. The third-order valence-electron chi connectivity index (χ3n) is 2.86. The molecule has 1 rings (SSSR count). The Morgan fingerprint density at radius 1 is 1.00 bits per heavy atom. The largest absolute Gasteiger partial charge is 0.306 e. The summed E-state index contributed by atoms with van der Waals surface area (Å²) in [6.45, 7) is 4.54. The Morgan fingerprint density at radius 2 is 1.50 bits per heavy atom. The van der Waals surface area contributed by atoms with Gasteiger partial charge in [-0.2, -0.15) is 0 Å². The molecule has 0 saturated carbocycles. The zero-order chi connectivity index (χ0) is 9.84. The van der Waals surface area contributed by atoms with Crippen LogP contribution in [0.15, 0.2) is 30.3 Å². The highest BCUT2D eigenvalue weighted by Gasteiger charge is 2.15. The van der Waals surface area contributed by atoms with E-state index in [0.717, 1.165) is 0 Å². The fourth-order valence-corrected chi connectivity index (χ4v) is 1.48. The molecule has 0 heterocycles. The first kappa shape index (κ1) is 13.5. The van der Waals surface area contributed by atoms with Crippen LogP contribution in [0.25, 0.3) is 0 Å². The van der Waals surface area contributed by atoms with E-state index in [1.54, 1.807) is 0 Å². The van der Waals surface area contributed by atoms with Crippen molar-refractivity contribution in [1.82, 2.24) is 4.90 Å². The summed E-state index contributed by atoms with van der Waals surface area (Å²) in [5.74, 6) is 0.594. The van der Waals surface area contributed by atoms with Crippen LogP contribution >= 0.6 is 12.4 Å². The van der Waals surface area contributed by atoms with Crippen molar-refractivity contribution in [3.63, 3.8) is 0 Å². The van der Waals surface area contributed by atoms with Crippen molar-refractivity contribution in [2.24, 2.45) is 0 Å². The van der Waals surface area contributed by atoms with Gasteiger partial charge in [-0.15, -0.1) is 12.4 Å². The average Bonchev–Trinajstić information content (AvgIpc) is 2.17. The van der Waals surface area contributed by atoms with Crippen LogP contribution in [-0.2, 0) is 0 Å². The molecule has 1 nitrogen and oxygen atoms in total. The van der Waals surface area contributed by atoms with Crippen LogP contribution in [-0.4, -0.2) is 25.0 Å². The molecule has 2 unspecified atom stereocenters. The van der Waals surface area contributed by atoms with Crippen LogP contribution in [0, 0.1) is 0 Å². The van der Waals surface area contributed by atoms with Gasteiger partial charge in [-0.3, -0.25) is 0 Å². The molecule has 0 aromatic heterocycles. The van der Waals surface area contributed by atoms with Gasteiger partial charge in [-0.1, -0.05) is 37.3 Å². The first-order valence-corrected chi connectivity index (χ1v) is 4.84. The molecule has 0 bridgehead atoms. The molecule has 0 aliphatic carbocycles.